The highest BCUT2D eigenvalue weighted by atomic mass is 35.5. The lowest BCUT2D eigenvalue weighted by molar-refractivity contribution is -0.151. The van der Waals surface area contributed by atoms with Crippen molar-refractivity contribution in [2.45, 2.75) is 32.7 Å². The summed E-state index contributed by atoms with van der Waals surface area (Å²) in [5, 5.41) is 2.83. The molecule has 6 nitrogen and oxygen atoms in total. The van der Waals surface area contributed by atoms with Gasteiger partial charge in [-0.15, -0.1) is 0 Å². The Balaban J connectivity index is 2.47. The summed E-state index contributed by atoms with van der Waals surface area (Å²) in [6.45, 7) is 4.77. The second-order valence-corrected chi connectivity index (χ2v) is 6.99. The molecule has 1 aromatic carbocycles. The molecule has 0 bridgehead atoms. The van der Waals surface area contributed by atoms with Crippen molar-refractivity contribution in [2.24, 2.45) is 0 Å². The van der Waals surface area contributed by atoms with E-state index in [4.69, 9.17) is 16.3 Å². The van der Waals surface area contributed by atoms with Crippen molar-refractivity contribution >= 4 is 29.4 Å². The Labute approximate surface area is 151 Å². The first-order chi connectivity index (χ1) is 11.5. The van der Waals surface area contributed by atoms with Crippen LogP contribution in [0.1, 0.15) is 26.3 Å². The number of carbonyl (C=O) groups is 3. The summed E-state index contributed by atoms with van der Waals surface area (Å²) in [4.78, 5) is 36.6. The van der Waals surface area contributed by atoms with Gasteiger partial charge in [-0.2, -0.15) is 0 Å². The molecule has 0 fully saturated rings. The van der Waals surface area contributed by atoms with Crippen LogP contribution < -0.4 is 5.32 Å². The van der Waals surface area contributed by atoms with E-state index in [1.807, 2.05) is 20.8 Å². The molecule has 2 amide bonds. The third-order valence-electron chi connectivity index (χ3n) is 3.06. The molecule has 0 aliphatic carbocycles. The topological polar surface area (TPSA) is 75.7 Å². The van der Waals surface area contributed by atoms with Crippen molar-refractivity contribution in [3.8, 4) is 0 Å². The fourth-order valence-corrected chi connectivity index (χ4v) is 2.14. The fraction of sp³-hybridized carbons (Fsp3) is 0.471. The highest BCUT2D eigenvalue weighted by molar-refractivity contribution is 6.31. The van der Waals surface area contributed by atoms with Gasteiger partial charge in [0.25, 0.3) is 5.91 Å². The van der Waals surface area contributed by atoms with Gasteiger partial charge >= 0.3 is 5.97 Å². The first kappa shape index (κ1) is 20.9. The first-order valence-corrected chi connectivity index (χ1v) is 8.01. The highest BCUT2D eigenvalue weighted by Gasteiger charge is 2.19. The van der Waals surface area contributed by atoms with Gasteiger partial charge in [-0.3, -0.25) is 14.4 Å². The van der Waals surface area contributed by atoms with Crippen molar-refractivity contribution in [2.75, 3.05) is 20.2 Å². The molecule has 0 aliphatic heterocycles. The van der Waals surface area contributed by atoms with E-state index in [0.29, 0.717) is 0 Å². The van der Waals surface area contributed by atoms with E-state index in [1.165, 1.54) is 25.2 Å². The Bertz CT molecular complexity index is 638. The number of hydrogen-bond donors (Lipinski definition) is 1. The van der Waals surface area contributed by atoms with Crippen LogP contribution in [0.5, 0.6) is 0 Å². The van der Waals surface area contributed by atoms with Crippen LogP contribution in [0.2, 0.25) is 5.02 Å². The van der Waals surface area contributed by atoms with E-state index in [0.717, 1.165) is 4.90 Å². The van der Waals surface area contributed by atoms with Gasteiger partial charge in [0.15, 0.2) is 6.61 Å². The SMILES string of the molecule is CN(CC(=O)NC(C)(C)C)C(=O)COC(=O)Cc1c(F)cccc1Cl. The Kier molecular flexibility index (Phi) is 7.36. The summed E-state index contributed by atoms with van der Waals surface area (Å²) in [6.07, 6.45) is -0.382. The average molecular weight is 373 g/mol. The van der Waals surface area contributed by atoms with E-state index in [1.54, 1.807) is 0 Å². The minimum absolute atomic E-state index is 0.0134. The first-order valence-electron chi connectivity index (χ1n) is 7.63. The van der Waals surface area contributed by atoms with Crippen molar-refractivity contribution in [1.82, 2.24) is 10.2 Å². The molecule has 0 spiro atoms. The Morgan fingerprint density at radius 1 is 1.28 bits per heavy atom. The molecule has 0 atom stereocenters. The number of benzene rings is 1. The molecule has 1 aromatic rings. The van der Waals surface area contributed by atoms with E-state index in [9.17, 15) is 18.8 Å². The third-order valence-corrected chi connectivity index (χ3v) is 3.41. The lowest BCUT2D eigenvalue weighted by Gasteiger charge is -2.23. The van der Waals surface area contributed by atoms with Gasteiger partial charge in [0.05, 0.1) is 13.0 Å². The van der Waals surface area contributed by atoms with Crippen LogP contribution in [0.25, 0.3) is 0 Å². The maximum absolute atomic E-state index is 13.6. The number of esters is 1. The zero-order valence-corrected chi connectivity index (χ0v) is 15.4. The number of halogens is 2. The molecule has 0 saturated heterocycles. The molecule has 0 aromatic heterocycles. The minimum atomic E-state index is -0.784. The molecule has 8 heteroatoms. The maximum Gasteiger partial charge on any atom is 0.310 e. The van der Waals surface area contributed by atoms with E-state index in [-0.39, 0.29) is 29.5 Å². The highest BCUT2D eigenvalue weighted by Crippen LogP contribution is 2.19. The molecule has 25 heavy (non-hydrogen) atoms. The van der Waals surface area contributed by atoms with Crippen molar-refractivity contribution in [3.63, 3.8) is 0 Å². The summed E-state index contributed by atoms with van der Waals surface area (Å²) in [5.41, 5.74) is -0.397. The molecule has 0 aliphatic rings. The van der Waals surface area contributed by atoms with E-state index < -0.39 is 29.8 Å². The normalized spacial score (nSPS) is 11.0. The van der Waals surface area contributed by atoms with Gasteiger partial charge in [0.2, 0.25) is 5.91 Å². The molecule has 138 valence electrons. The second kappa shape index (κ2) is 8.80. The van der Waals surface area contributed by atoms with Crippen LogP contribution in [-0.2, 0) is 25.5 Å². The predicted molar refractivity (Wildman–Crippen MR) is 91.6 cm³/mol. The lowest BCUT2D eigenvalue weighted by Crippen LogP contribution is -2.46. The molecular weight excluding hydrogens is 351 g/mol. The number of hydrogen-bond acceptors (Lipinski definition) is 4. The number of carbonyl (C=O) groups excluding carboxylic acids is 3. The molecule has 1 N–H and O–H groups in total. The van der Waals surface area contributed by atoms with Gasteiger partial charge in [-0.1, -0.05) is 17.7 Å². The van der Waals surface area contributed by atoms with Crippen LogP contribution in [0.4, 0.5) is 4.39 Å². The van der Waals surface area contributed by atoms with E-state index in [2.05, 4.69) is 5.32 Å². The van der Waals surface area contributed by atoms with Crippen molar-refractivity contribution in [3.05, 3.63) is 34.6 Å². The number of nitrogens with zero attached hydrogens (tertiary/aromatic N) is 1. The van der Waals surface area contributed by atoms with Gasteiger partial charge in [0, 0.05) is 23.2 Å². The number of rotatable bonds is 6. The Morgan fingerprint density at radius 2 is 1.92 bits per heavy atom. The quantitative estimate of drug-likeness (QED) is 0.774. The van der Waals surface area contributed by atoms with Crippen molar-refractivity contribution < 1.29 is 23.5 Å². The standard InChI is InChI=1S/C17H22ClFN2O4/c1-17(2,3)20-14(22)9-21(4)15(23)10-25-16(24)8-11-12(18)6-5-7-13(11)19/h5-7H,8-10H2,1-4H3,(H,20,22). The zero-order chi connectivity index (χ0) is 19.2. The molecule has 0 radical (unpaired) electrons. The smallest absolute Gasteiger partial charge is 0.310 e. The summed E-state index contributed by atoms with van der Waals surface area (Å²) < 4.78 is 18.4. The summed E-state index contributed by atoms with van der Waals surface area (Å²) in [7, 11) is 1.42. The monoisotopic (exact) mass is 372 g/mol. The molecule has 0 unspecified atom stereocenters. The second-order valence-electron chi connectivity index (χ2n) is 6.59. The average Bonchev–Trinajstić information content (AvgIpc) is 2.46. The number of nitrogens with one attached hydrogen (secondary N) is 1. The molecule has 1 rings (SSSR count). The Morgan fingerprint density at radius 3 is 2.48 bits per heavy atom. The number of ether oxygens (including phenoxy) is 1. The molecular formula is C17H22ClFN2O4. The van der Waals surface area contributed by atoms with E-state index >= 15 is 0 Å². The van der Waals surface area contributed by atoms with Crippen LogP contribution in [0.15, 0.2) is 18.2 Å². The van der Waals surface area contributed by atoms with Gasteiger partial charge in [-0.25, -0.2) is 4.39 Å². The summed E-state index contributed by atoms with van der Waals surface area (Å²) in [5.74, 6) is -2.27. The van der Waals surface area contributed by atoms with Gasteiger partial charge in [0.1, 0.15) is 5.82 Å². The summed E-state index contributed by atoms with van der Waals surface area (Å²) >= 11 is 5.83. The third kappa shape index (κ3) is 7.51. The van der Waals surface area contributed by atoms with Crippen LogP contribution >= 0.6 is 11.6 Å². The maximum atomic E-state index is 13.6. The number of likely N-dealkylation sites (N-methyl/N-ethyl adjacent to an activating group) is 1. The molecule has 0 saturated carbocycles. The summed E-state index contributed by atoms with van der Waals surface area (Å²) in [6, 6.07) is 4.06. The largest absolute Gasteiger partial charge is 0.455 e. The van der Waals surface area contributed by atoms with Crippen molar-refractivity contribution in [1.29, 1.82) is 0 Å². The number of amides is 2. The predicted octanol–water partition coefficient (Wildman–Crippen LogP) is 1.94. The Hall–Kier alpha value is -2.15. The van der Waals surface area contributed by atoms with Crippen LogP contribution in [-0.4, -0.2) is 48.4 Å². The molecule has 0 heterocycles. The zero-order valence-electron chi connectivity index (χ0n) is 14.7. The van der Waals surface area contributed by atoms with Crippen LogP contribution in [0.3, 0.4) is 0 Å². The van der Waals surface area contributed by atoms with Gasteiger partial charge in [-0.05, 0) is 32.9 Å². The fourth-order valence-electron chi connectivity index (χ4n) is 1.91. The lowest BCUT2D eigenvalue weighted by atomic mass is 10.1. The van der Waals surface area contributed by atoms with Gasteiger partial charge < -0.3 is 15.0 Å². The minimum Gasteiger partial charge on any atom is -0.455 e. The van der Waals surface area contributed by atoms with Crippen LogP contribution in [0, 0.1) is 5.82 Å².